The number of nitrogens with zero attached hydrogens (tertiary/aromatic N) is 2. The minimum absolute atomic E-state index is 0.0848. The summed E-state index contributed by atoms with van der Waals surface area (Å²) >= 11 is 0. The molecular formula is C9H13N3O2. The van der Waals surface area contributed by atoms with E-state index in [1.54, 1.807) is 11.0 Å². The number of carbonyl (C=O) groups excluding carboxylic acids is 1. The molecule has 2 rings (SSSR count). The van der Waals surface area contributed by atoms with Gasteiger partial charge < -0.3 is 15.2 Å². The summed E-state index contributed by atoms with van der Waals surface area (Å²) in [5, 5.41) is 3.51. The minimum Gasteiger partial charge on any atom is -0.351 e. The van der Waals surface area contributed by atoms with Crippen molar-refractivity contribution >= 4 is 5.91 Å². The van der Waals surface area contributed by atoms with Crippen LogP contribution in [0, 0.1) is 5.92 Å². The molecule has 1 saturated heterocycles. The van der Waals surface area contributed by atoms with Crippen molar-refractivity contribution in [3.63, 3.8) is 0 Å². The van der Waals surface area contributed by atoms with Gasteiger partial charge in [-0.25, -0.2) is 0 Å². The summed E-state index contributed by atoms with van der Waals surface area (Å²) in [7, 11) is 0. The van der Waals surface area contributed by atoms with E-state index in [4.69, 9.17) is 10.3 Å². The number of rotatable bonds is 2. The maximum absolute atomic E-state index is 11.7. The van der Waals surface area contributed by atoms with Gasteiger partial charge in [0.15, 0.2) is 0 Å². The van der Waals surface area contributed by atoms with Crippen LogP contribution in [-0.2, 0) is 0 Å². The van der Waals surface area contributed by atoms with Crippen LogP contribution in [0.1, 0.15) is 17.0 Å². The third kappa shape index (κ3) is 1.63. The highest BCUT2D eigenvalue weighted by atomic mass is 16.5. The van der Waals surface area contributed by atoms with Crippen LogP contribution in [0.15, 0.2) is 16.8 Å². The molecule has 5 nitrogen and oxygen atoms in total. The molecule has 14 heavy (non-hydrogen) atoms. The molecule has 0 radical (unpaired) electrons. The summed E-state index contributed by atoms with van der Waals surface area (Å²) in [6.45, 7) is 2.14. The molecule has 0 aliphatic carbocycles. The van der Waals surface area contributed by atoms with Gasteiger partial charge in [0.25, 0.3) is 5.91 Å². The molecule has 1 fully saturated rings. The maximum atomic E-state index is 11.7. The quantitative estimate of drug-likeness (QED) is 0.726. The van der Waals surface area contributed by atoms with E-state index in [9.17, 15) is 4.79 Å². The lowest BCUT2D eigenvalue weighted by molar-refractivity contribution is 0.0746. The van der Waals surface area contributed by atoms with E-state index < -0.39 is 0 Å². The van der Waals surface area contributed by atoms with Crippen molar-refractivity contribution in [1.29, 1.82) is 0 Å². The van der Waals surface area contributed by atoms with Gasteiger partial charge in [-0.15, -0.1) is 0 Å². The van der Waals surface area contributed by atoms with E-state index in [1.807, 2.05) is 0 Å². The molecular weight excluding hydrogens is 182 g/mol. The van der Waals surface area contributed by atoms with Crippen LogP contribution >= 0.6 is 0 Å². The Bertz CT molecular complexity index is 310. The SMILES string of the molecule is NCC1CCN(C(=O)c2ccno2)C1. The number of aromatic nitrogens is 1. The predicted octanol–water partition coefficient (Wildman–Crippen LogP) is 0.0954. The number of hydrogen-bond donors (Lipinski definition) is 1. The lowest BCUT2D eigenvalue weighted by Gasteiger charge is -2.13. The summed E-state index contributed by atoms with van der Waals surface area (Å²) in [6.07, 6.45) is 2.46. The molecule has 1 aromatic heterocycles. The summed E-state index contributed by atoms with van der Waals surface area (Å²) in [6, 6.07) is 1.58. The number of amides is 1. The Labute approximate surface area is 81.8 Å². The van der Waals surface area contributed by atoms with Gasteiger partial charge in [0.1, 0.15) is 0 Å². The molecule has 0 saturated carbocycles. The van der Waals surface area contributed by atoms with Crippen molar-refractivity contribution in [3.05, 3.63) is 18.0 Å². The third-order valence-corrected chi connectivity index (χ3v) is 2.56. The fraction of sp³-hybridized carbons (Fsp3) is 0.556. The van der Waals surface area contributed by atoms with Crippen LogP contribution < -0.4 is 5.73 Å². The summed E-state index contributed by atoms with van der Waals surface area (Å²) < 4.78 is 4.80. The van der Waals surface area contributed by atoms with Crippen LogP contribution in [0.4, 0.5) is 0 Å². The molecule has 2 N–H and O–H groups in total. The van der Waals surface area contributed by atoms with E-state index in [0.29, 0.717) is 18.2 Å². The normalized spacial score (nSPS) is 21.5. The second-order valence-corrected chi connectivity index (χ2v) is 3.52. The third-order valence-electron chi connectivity index (χ3n) is 2.56. The number of carbonyl (C=O) groups is 1. The second kappa shape index (κ2) is 3.79. The summed E-state index contributed by atoms with van der Waals surface area (Å²) in [5.74, 6) is 0.656. The first-order valence-electron chi connectivity index (χ1n) is 4.71. The zero-order valence-corrected chi connectivity index (χ0v) is 7.85. The Kier molecular flexibility index (Phi) is 2.49. The smallest absolute Gasteiger partial charge is 0.292 e. The fourth-order valence-electron chi connectivity index (χ4n) is 1.69. The van der Waals surface area contributed by atoms with Crippen LogP contribution in [0.3, 0.4) is 0 Å². The van der Waals surface area contributed by atoms with E-state index in [-0.39, 0.29) is 5.91 Å². The largest absolute Gasteiger partial charge is 0.351 e. The monoisotopic (exact) mass is 195 g/mol. The first-order valence-corrected chi connectivity index (χ1v) is 4.71. The second-order valence-electron chi connectivity index (χ2n) is 3.52. The van der Waals surface area contributed by atoms with Crippen LogP contribution in [-0.4, -0.2) is 35.6 Å². The Morgan fingerprint density at radius 3 is 3.21 bits per heavy atom. The summed E-state index contributed by atoms with van der Waals surface area (Å²) in [4.78, 5) is 13.5. The average molecular weight is 195 g/mol. The molecule has 1 aromatic rings. The highest BCUT2D eigenvalue weighted by Gasteiger charge is 2.27. The van der Waals surface area contributed by atoms with Gasteiger partial charge in [0.05, 0.1) is 6.20 Å². The van der Waals surface area contributed by atoms with Gasteiger partial charge in [-0.3, -0.25) is 4.79 Å². The van der Waals surface area contributed by atoms with E-state index >= 15 is 0 Å². The number of hydrogen-bond acceptors (Lipinski definition) is 4. The Hall–Kier alpha value is -1.36. The van der Waals surface area contributed by atoms with Gasteiger partial charge >= 0.3 is 0 Å². The average Bonchev–Trinajstić information content (AvgIpc) is 2.88. The zero-order valence-electron chi connectivity index (χ0n) is 7.85. The van der Waals surface area contributed by atoms with Gasteiger partial charge in [0, 0.05) is 19.2 Å². The first-order chi connectivity index (χ1) is 6.81. The molecule has 1 amide bonds. The van der Waals surface area contributed by atoms with Crippen molar-refractivity contribution in [3.8, 4) is 0 Å². The maximum Gasteiger partial charge on any atom is 0.292 e. The van der Waals surface area contributed by atoms with Gasteiger partial charge in [-0.1, -0.05) is 5.16 Å². The van der Waals surface area contributed by atoms with Gasteiger partial charge in [-0.2, -0.15) is 0 Å². The van der Waals surface area contributed by atoms with E-state index in [1.165, 1.54) is 6.20 Å². The predicted molar refractivity (Wildman–Crippen MR) is 49.6 cm³/mol. The van der Waals surface area contributed by atoms with Crippen LogP contribution in [0.5, 0.6) is 0 Å². The standard InChI is InChI=1S/C9H13N3O2/c10-5-7-2-4-12(6-7)9(13)8-1-3-11-14-8/h1,3,7H,2,4-6,10H2. The topological polar surface area (TPSA) is 72.4 Å². The lowest BCUT2D eigenvalue weighted by atomic mass is 10.1. The van der Waals surface area contributed by atoms with Crippen molar-refractivity contribution in [2.45, 2.75) is 6.42 Å². The van der Waals surface area contributed by atoms with Crippen molar-refractivity contribution in [2.75, 3.05) is 19.6 Å². The molecule has 2 heterocycles. The first kappa shape index (κ1) is 9.21. The number of likely N-dealkylation sites (tertiary alicyclic amines) is 1. The van der Waals surface area contributed by atoms with Crippen molar-refractivity contribution in [2.24, 2.45) is 11.7 Å². The highest BCUT2D eigenvalue weighted by molar-refractivity contribution is 5.91. The number of nitrogens with two attached hydrogens (primary N) is 1. The van der Waals surface area contributed by atoms with Crippen LogP contribution in [0.25, 0.3) is 0 Å². The Balaban J connectivity index is 2.00. The molecule has 5 heteroatoms. The van der Waals surface area contributed by atoms with E-state index in [2.05, 4.69) is 5.16 Å². The van der Waals surface area contributed by atoms with Crippen molar-refractivity contribution in [1.82, 2.24) is 10.1 Å². The van der Waals surface area contributed by atoms with Crippen molar-refractivity contribution < 1.29 is 9.32 Å². The molecule has 1 unspecified atom stereocenters. The molecule has 1 atom stereocenters. The molecule has 1 aliphatic rings. The lowest BCUT2D eigenvalue weighted by Crippen LogP contribution is -2.29. The van der Waals surface area contributed by atoms with Gasteiger partial charge in [-0.05, 0) is 18.9 Å². The molecule has 1 aliphatic heterocycles. The molecule has 76 valence electrons. The highest BCUT2D eigenvalue weighted by Crippen LogP contribution is 2.17. The molecule has 0 spiro atoms. The fourth-order valence-corrected chi connectivity index (χ4v) is 1.69. The minimum atomic E-state index is -0.0848. The van der Waals surface area contributed by atoms with Crippen LogP contribution in [0.2, 0.25) is 0 Å². The van der Waals surface area contributed by atoms with Gasteiger partial charge in [0.2, 0.25) is 5.76 Å². The summed E-state index contributed by atoms with van der Waals surface area (Å²) in [5.41, 5.74) is 5.54. The zero-order chi connectivity index (χ0) is 9.97. The molecule has 0 bridgehead atoms. The Morgan fingerprint density at radius 1 is 1.79 bits per heavy atom. The van der Waals surface area contributed by atoms with E-state index in [0.717, 1.165) is 19.5 Å². The Morgan fingerprint density at radius 2 is 2.64 bits per heavy atom. The molecule has 0 aromatic carbocycles.